The number of aromatic nitrogens is 3. The average Bonchev–Trinajstić information content (AvgIpc) is 3.02. The van der Waals surface area contributed by atoms with Gasteiger partial charge in [-0.3, -0.25) is 9.88 Å². The van der Waals surface area contributed by atoms with E-state index < -0.39 is 0 Å². The van der Waals surface area contributed by atoms with Crippen molar-refractivity contribution in [2.75, 3.05) is 33.4 Å². The number of methoxy groups -OCH3 is 1. The van der Waals surface area contributed by atoms with Crippen LogP contribution >= 0.6 is 0 Å². The number of piperazine rings is 1. The molecular weight excluding hydrogens is 282 g/mol. The number of hydrogen-bond donors (Lipinski definition) is 1. The summed E-state index contributed by atoms with van der Waals surface area (Å²) in [6.45, 7) is 4.05. The van der Waals surface area contributed by atoms with Gasteiger partial charge in [0.05, 0.1) is 13.2 Å². The maximum atomic E-state index is 5.35. The van der Waals surface area contributed by atoms with Crippen LogP contribution in [0.4, 0.5) is 0 Å². The van der Waals surface area contributed by atoms with Gasteiger partial charge in [0.15, 0.2) is 5.82 Å². The molecule has 118 valence electrons. The summed E-state index contributed by atoms with van der Waals surface area (Å²) < 4.78 is 10.4. The van der Waals surface area contributed by atoms with Gasteiger partial charge in [-0.2, -0.15) is 4.98 Å². The minimum Gasteiger partial charge on any atom is -0.384 e. The molecule has 1 atom stereocenters. The van der Waals surface area contributed by atoms with Crippen molar-refractivity contribution >= 4 is 0 Å². The lowest BCUT2D eigenvalue weighted by atomic mass is 10.1. The van der Waals surface area contributed by atoms with Crippen molar-refractivity contribution in [2.24, 2.45) is 0 Å². The van der Waals surface area contributed by atoms with Crippen LogP contribution in [0.15, 0.2) is 29.0 Å². The fraction of sp³-hybridized carbons (Fsp3) is 0.533. The van der Waals surface area contributed by atoms with Gasteiger partial charge in [-0.25, -0.2) is 0 Å². The first kappa shape index (κ1) is 15.1. The highest BCUT2D eigenvalue weighted by Crippen LogP contribution is 2.23. The van der Waals surface area contributed by atoms with Gasteiger partial charge in [-0.05, 0) is 11.6 Å². The molecule has 3 heterocycles. The second kappa shape index (κ2) is 7.44. The smallest absolute Gasteiger partial charge is 0.240 e. The van der Waals surface area contributed by atoms with Crippen LogP contribution in [0.25, 0.3) is 0 Å². The third-order valence-electron chi connectivity index (χ3n) is 3.80. The van der Waals surface area contributed by atoms with Crippen LogP contribution in [-0.2, 0) is 17.7 Å². The summed E-state index contributed by atoms with van der Waals surface area (Å²) in [5.41, 5.74) is 1.20. The molecule has 2 aromatic rings. The van der Waals surface area contributed by atoms with Crippen LogP contribution in [0.2, 0.25) is 0 Å². The first-order valence-corrected chi connectivity index (χ1v) is 7.52. The van der Waals surface area contributed by atoms with Gasteiger partial charge < -0.3 is 14.6 Å². The van der Waals surface area contributed by atoms with Crippen LogP contribution in [-0.4, -0.2) is 53.4 Å². The lowest BCUT2D eigenvalue weighted by Crippen LogP contribution is -2.45. The van der Waals surface area contributed by atoms with Crippen molar-refractivity contribution in [3.63, 3.8) is 0 Å². The van der Waals surface area contributed by atoms with Gasteiger partial charge in [-0.1, -0.05) is 11.2 Å². The minimum absolute atomic E-state index is 0.275. The van der Waals surface area contributed by atoms with E-state index >= 15 is 0 Å². The highest BCUT2D eigenvalue weighted by molar-refractivity contribution is 5.15. The highest BCUT2D eigenvalue weighted by Gasteiger charge is 2.25. The molecule has 0 aliphatic carbocycles. The summed E-state index contributed by atoms with van der Waals surface area (Å²) in [5.74, 6) is 1.35. The Hall–Kier alpha value is -1.83. The van der Waals surface area contributed by atoms with Crippen molar-refractivity contribution in [3.8, 4) is 0 Å². The van der Waals surface area contributed by atoms with Crippen molar-refractivity contribution in [2.45, 2.75) is 19.0 Å². The minimum atomic E-state index is 0.275. The second-order valence-electron chi connectivity index (χ2n) is 5.32. The zero-order chi connectivity index (χ0) is 15.2. The Bertz CT molecular complexity index is 574. The van der Waals surface area contributed by atoms with Gasteiger partial charge in [0.2, 0.25) is 5.89 Å². The molecule has 3 rings (SSSR count). The van der Waals surface area contributed by atoms with E-state index in [0.29, 0.717) is 31.3 Å². The van der Waals surface area contributed by atoms with Crippen molar-refractivity contribution < 1.29 is 9.26 Å². The lowest BCUT2D eigenvalue weighted by Gasteiger charge is -2.35. The Kier molecular flexibility index (Phi) is 5.10. The number of ether oxygens (including phenoxy) is 1. The van der Waals surface area contributed by atoms with Crippen LogP contribution < -0.4 is 5.32 Å². The number of nitrogens with one attached hydrogen (secondary N) is 1. The lowest BCUT2D eigenvalue weighted by molar-refractivity contribution is 0.135. The Labute approximate surface area is 129 Å². The fourth-order valence-corrected chi connectivity index (χ4v) is 2.66. The summed E-state index contributed by atoms with van der Waals surface area (Å²) in [6, 6.07) is 4.35. The van der Waals surface area contributed by atoms with E-state index in [-0.39, 0.29) is 6.04 Å². The molecular formula is C15H21N5O2. The molecule has 1 aliphatic rings. The maximum absolute atomic E-state index is 5.35. The Morgan fingerprint density at radius 2 is 2.45 bits per heavy atom. The van der Waals surface area contributed by atoms with E-state index in [9.17, 15) is 0 Å². The van der Waals surface area contributed by atoms with Gasteiger partial charge in [0.1, 0.15) is 0 Å². The number of hydrogen-bond acceptors (Lipinski definition) is 7. The van der Waals surface area contributed by atoms with E-state index in [1.807, 2.05) is 12.3 Å². The van der Waals surface area contributed by atoms with Gasteiger partial charge in [-0.15, -0.1) is 0 Å². The first-order valence-electron chi connectivity index (χ1n) is 7.52. The highest BCUT2D eigenvalue weighted by atomic mass is 16.5. The summed E-state index contributed by atoms with van der Waals surface area (Å²) in [5, 5.41) is 7.43. The van der Waals surface area contributed by atoms with Crippen LogP contribution in [0.1, 0.15) is 23.3 Å². The van der Waals surface area contributed by atoms with E-state index in [2.05, 4.69) is 31.4 Å². The number of pyridine rings is 1. The summed E-state index contributed by atoms with van der Waals surface area (Å²) >= 11 is 0. The molecule has 7 nitrogen and oxygen atoms in total. The normalized spacial score (nSPS) is 19.4. The molecule has 1 unspecified atom stereocenters. The van der Waals surface area contributed by atoms with Gasteiger partial charge in [0.25, 0.3) is 0 Å². The molecule has 0 amide bonds. The zero-order valence-electron chi connectivity index (χ0n) is 12.7. The molecule has 1 aliphatic heterocycles. The molecule has 1 fully saturated rings. The number of rotatable bonds is 6. The summed E-state index contributed by atoms with van der Waals surface area (Å²) in [7, 11) is 1.67. The average molecular weight is 303 g/mol. The molecule has 0 spiro atoms. The van der Waals surface area contributed by atoms with Gasteiger partial charge in [0, 0.05) is 51.6 Å². The molecule has 1 saturated heterocycles. The maximum Gasteiger partial charge on any atom is 0.240 e. The monoisotopic (exact) mass is 303 g/mol. The third-order valence-corrected chi connectivity index (χ3v) is 3.80. The Morgan fingerprint density at radius 1 is 1.50 bits per heavy atom. The molecule has 0 aromatic carbocycles. The van der Waals surface area contributed by atoms with E-state index in [1.54, 1.807) is 13.3 Å². The quantitative estimate of drug-likeness (QED) is 0.846. The molecule has 0 radical (unpaired) electrons. The predicted molar refractivity (Wildman–Crippen MR) is 80.1 cm³/mol. The molecule has 7 heteroatoms. The third kappa shape index (κ3) is 3.68. The van der Waals surface area contributed by atoms with Gasteiger partial charge >= 0.3 is 0 Å². The Balaban J connectivity index is 1.67. The molecule has 2 aromatic heterocycles. The zero-order valence-corrected chi connectivity index (χ0v) is 12.7. The molecule has 1 N–H and O–H groups in total. The van der Waals surface area contributed by atoms with E-state index in [4.69, 9.17) is 9.26 Å². The van der Waals surface area contributed by atoms with E-state index in [1.165, 1.54) is 5.56 Å². The topological polar surface area (TPSA) is 76.3 Å². The van der Waals surface area contributed by atoms with Crippen LogP contribution in [0, 0.1) is 0 Å². The van der Waals surface area contributed by atoms with E-state index in [0.717, 1.165) is 19.6 Å². The van der Waals surface area contributed by atoms with Crippen LogP contribution in [0.3, 0.4) is 0 Å². The molecule has 0 saturated carbocycles. The molecule has 0 bridgehead atoms. The van der Waals surface area contributed by atoms with Crippen molar-refractivity contribution in [1.82, 2.24) is 25.3 Å². The van der Waals surface area contributed by atoms with Crippen LogP contribution in [0.5, 0.6) is 0 Å². The standard InChI is InChI=1S/C15H21N5O2/c1-21-8-4-14-18-15(22-19-14)11-20-7-6-17-10-13(20)12-3-2-5-16-9-12/h2-3,5,9,13,17H,4,6-8,10-11H2,1H3. The predicted octanol–water partition coefficient (Wildman–Crippen LogP) is 0.800. The molecule has 22 heavy (non-hydrogen) atoms. The van der Waals surface area contributed by atoms with Crippen molar-refractivity contribution in [1.29, 1.82) is 0 Å². The fourth-order valence-electron chi connectivity index (χ4n) is 2.66. The summed E-state index contributed by atoms with van der Waals surface area (Å²) in [6.07, 6.45) is 4.39. The first-order chi connectivity index (χ1) is 10.9. The van der Waals surface area contributed by atoms with Crippen molar-refractivity contribution in [3.05, 3.63) is 41.8 Å². The summed E-state index contributed by atoms with van der Waals surface area (Å²) in [4.78, 5) is 11.0. The SMILES string of the molecule is COCCc1noc(CN2CCNCC2c2cccnc2)n1. The second-order valence-corrected chi connectivity index (χ2v) is 5.32. The number of nitrogens with zero attached hydrogens (tertiary/aromatic N) is 4. The largest absolute Gasteiger partial charge is 0.384 e. The Morgan fingerprint density at radius 3 is 3.27 bits per heavy atom.